The minimum Gasteiger partial charge on any atom is -0.465 e. The third-order valence-corrected chi connectivity index (χ3v) is 2.87. The van der Waals surface area contributed by atoms with E-state index in [0.717, 1.165) is 16.9 Å². The molecule has 0 aliphatic rings. The van der Waals surface area contributed by atoms with Crippen LogP contribution in [0.4, 0.5) is 5.69 Å². The van der Waals surface area contributed by atoms with Gasteiger partial charge in [-0.25, -0.2) is 4.79 Å². The van der Waals surface area contributed by atoms with E-state index in [4.69, 9.17) is 4.74 Å². The van der Waals surface area contributed by atoms with Gasteiger partial charge in [-0.3, -0.25) is 0 Å². The van der Waals surface area contributed by atoms with Crippen molar-refractivity contribution in [2.75, 3.05) is 12.4 Å². The van der Waals surface area contributed by atoms with Gasteiger partial charge in [-0.2, -0.15) is 0 Å². The first-order valence-electron chi connectivity index (χ1n) is 5.76. The van der Waals surface area contributed by atoms with Gasteiger partial charge >= 0.3 is 5.97 Å². The molecule has 0 saturated carbocycles. The van der Waals surface area contributed by atoms with Crippen LogP contribution in [0.15, 0.2) is 36.5 Å². The first-order chi connectivity index (χ1) is 8.72. The fraction of sp³-hybridized carbons (Fsp3) is 0.214. The first kappa shape index (κ1) is 12.2. The summed E-state index contributed by atoms with van der Waals surface area (Å²) in [4.78, 5) is 14.7. The quantitative estimate of drug-likeness (QED) is 0.813. The zero-order chi connectivity index (χ0) is 13.0. The Morgan fingerprint density at radius 2 is 2.17 bits per heavy atom. The van der Waals surface area contributed by atoms with Crippen LogP contribution in [0.3, 0.4) is 0 Å². The van der Waals surface area contributed by atoms with Crippen LogP contribution >= 0.6 is 0 Å². The third kappa shape index (κ3) is 2.53. The summed E-state index contributed by atoms with van der Waals surface area (Å²) in [5, 5.41) is 3.30. The Labute approximate surface area is 106 Å². The Morgan fingerprint density at radius 1 is 1.33 bits per heavy atom. The number of nitrogens with one attached hydrogen (secondary N) is 2. The minimum absolute atomic E-state index is 0.309. The van der Waals surface area contributed by atoms with Crippen LogP contribution in [-0.4, -0.2) is 18.1 Å². The van der Waals surface area contributed by atoms with Crippen molar-refractivity contribution >= 4 is 11.7 Å². The van der Waals surface area contributed by atoms with E-state index in [9.17, 15) is 4.79 Å². The van der Waals surface area contributed by atoms with Gasteiger partial charge in [0.05, 0.1) is 19.2 Å². The molecule has 0 spiro atoms. The number of benzene rings is 1. The third-order valence-electron chi connectivity index (χ3n) is 2.87. The van der Waals surface area contributed by atoms with Crippen LogP contribution in [0.1, 0.15) is 21.6 Å². The number of methoxy groups -OCH3 is 1. The highest BCUT2D eigenvalue weighted by Gasteiger charge is 2.11. The summed E-state index contributed by atoms with van der Waals surface area (Å²) in [6.45, 7) is 2.60. The molecule has 1 aromatic carbocycles. The average Bonchev–Trinajstić information content (AvgIpc) is 2.90. The van der Waals surface area contributed by atoms with Crippen LogP contribution in [0.5, 0.6) is 0 Å². The second-order valence-corrected chi connectivity index (χ2v) is 4.02. The molecule has 2 rings (SSSR count). The molecule has 0 atom stereocenters. The van der Waals surface area contributed by atoms with Gasteiger partial charge in [-0.1, -0.05) is 6.07 Å². The molecule has 18 heavy (non-hydrogen) atoms. The van der Waals surface area contributed by atoms with E-state index in [1.165, 1.54) is 7.11 Å². The number of ether oxygens (including phenoxy) is 1. The second kappa shape index (κ2) is 5.40. The number of rotatable bonds is 4. The molecule has 0 bridgehead atoms. The molecule has 2 N–H and O–H groups in total. The van der Waals surface area contributed by atoms with E-state index < -0.39 is 0 Å². The van der Waals surface area contributed by atoms with Gasteiger partial charge in [0.25, 0.3) is 0 Å². The summed E-state index contributed by atoms with van der Waals surface area (Å²) in [6.07, 6.45) is 1.88. The Kier molecular flexibility index (Phi) is 3.67. The van der Waals surface area contributed by atoms with E-state index >= 15 is 0 Å². The van der Waals surface area contributed by atoms with Crippen molar-refractivity contribution in [3.8, 4) is 0 Å². The number of aromatic amines is 1. The van der Waals surface area contributed by atoms with Gasteiger partial charge in [0.15, 0.2) is 0 Å². The minimum atomic E-state index is -0.309. The topological polar surface area (TPSA) is 54.1 Å². The Morgan fingerprint density at radius 3 is 2.83 bits per heavy atom. The van der Waals surface area contributed by atoms with Crippen molar-refractivity contribution in [2.24, 2.45) is 0 Å². The monoisotopic (exact) mass is 244 g/mol. The van der Waals surface area contributed by atoms with Crippen LogP contribution < -0.4 is 5.32 Å². The van der Waals surface area contributed by atoms with Crippen LogP contribution in [0.25, 0.3) is 0 Å². The van der Waals surface area contributed by atoms with E-state index in [0.29, 0.717) is 12.1 Å². The van der Waals surface area contributed by atoms with E-state index in [-0.39, 0.29) is 5.97 Å². The van der Waals surface area contributed by atoms with Crippen LogP contribution in [0.2, 0.25) is 0 Å². The molecule has 0 saturated heterocycles. The maximum Gasteiger partial charge on any atom is 0.338 e. The molecule has 1 aromatic heterocycles. The zero-order valence-electron chi connectivity index (χ0n) is 10.5. The largest absolute Gasteiger partial charge is 0.465 e. The first-order valence-corrected chi connectivity index (χ1v) is 5.76. The summed E-state index contributed by atoms with van der Waals surface area (Å²) >= 11 is 0. The standard InChI is InChI=1S/C14H16N2O2/c1-10-12(14(17)18-2)6-3-7-13(10)16-9-11-5-4-8-15-11/h3-8,15-16H,9H2,1-2H3. The molecule has 1 heterocycles. The van der Waals surface area contributed by atoms with Gasteiger partial charge in [0, 0.05) is 17.6 Å². The van der Waals surface area contributed by atoms with E-state index in [1.807, 2.05) is 37.4 Å². The molecule has 0 amide bonds. The Hall–Kier alpha value is -2.23. The van der Waals surface area contributed by atoms with Crippen molar-refractivity contribution in [1.29, 1.82) is 0 Å². The molecule has 0 unspecified atom stereocenters. The van der Waals surface area contributed by atoms with Crippen LogP contribution in [0, 0.1) is 6.92 Å². The van der Waals surface area contributed by atoms with Crippen LogP contribution in [-0.2, 0) is 11.3 Å². The number of hydrogen-bond donors (Lipinski definition) is 2. The summed E-state index contributed by atoms with van der Waals surface area (Å²) in [5.74, 6) is -0.309. The lowest BCUT2D eigenvalue weighted by Gasteiger charge is -2.11. The second-order valence-electron chi connectivity index (χ2n) is 4.02. The molecule has 2 aromatic rings. The highest BCUT2D eigenvalue weighted by Crippen LogP contribution is 2.20. The van der Waals surface area contributed by atoms with Crippen molar-refractivity contribution < 1.29 is 9.53 Å². The van der Waals surface area contributed by atoms with E-state index in [2.05, 4.69) is 10.3 Å². The smallest absolute Gasteiger partial charge is 0.338 e. The zero-order valence-corrected chi connectivity index (χ0v) is 10.5. The maximum atomic E-state index is 11.6. The molecule has 4 nitrogen and oxygen atoms in total. The fourth-order valence-electron chi connectivity index (χ4n) is 1.83. The number of aromatic nitrogens is 1. The molecule has 4 heteroatoms. The summed E-state index contributed by atoms with van der Waals surface area (Å²) in [6, 6.07) is 9.52. The number of H-pyrrole nitrogens is 1. The normalized spacial score (nSPS) is 10.1. The lowest BCUT2D eigenvalue weighted by Crippen LogP contribution is -2.07. The van der Waals surface area contributed by atoms with Crippen molar-refractivity contribution in [1.82, 2.24) is 4.98 Å². The summed E-state index contributed by atoms with van der Waals surface area (Å²) < 4.78 is 4.75. The van der Waals surface area contributed by atoms with Gasteiger partial charge in [-0.05, 0) is 36.8 Å². The van der Waals surface area contributed by atoms with Gasteiger partial charge in [0.2, 0.25) is 0 Å². The summed E-state index contributed by atoms with van der Waals surface area (Å²) in [7, 11) is 1.39. The molecule has 94 valence electrons. The molecule has 0 fully saturated rings. The highest BCUT2D eigenvalue weighted by molar-refractivity contribution is 5.92. The molecule has 0 aliphatic heterocycles. The summed E-state index contributed by atoms with van der Waals surface area (Å²) in [5.41, 5.74) is 3.52. The highest BCUT2D eigenvalue weighted by atomic mass is 16.5. The lowest BCUT2D eigenvalue weighted by molar-refractivity contribution is 0.0600. The van der Waals surface area contributed by atoms with Gasteiger partial charge < -0.3 is 15.0 Å². The predicted octanol–water partition coefficient (Wildman–Crippen LogP) is 2.72. The lowest BCUT2D eigenvalue weighted by atomic mass is 10.1. The SMILES string of the molecule is COC(=O)c1cccc(NCc2ccc[nH]2)c1C. The Balaban J connectivity index is 2.16. The number of carbonyl (C=O) groups excluding carboxylic acids is 1. The van der Waals surface area contributed by atoms with Gasteiger partial charge in [-0.15, -0.1) is 0 Å². The molecule has 0 aliphatic carbocycles. The van der Waals surface area contributed by atoms with Crippen molar-refractivity contribution in [3.63, 3.8) is 0 Å². The average molecular weight is 244 g/mol. The molecular formula is C14H16N2O2. The maximum absolute atomic E-state index is 11.6. The molecule has 0 radical (unpaired) electrons. The number of anilines is 1. The Bertz CT molecular complexity index is 533. The fourth-order valence-corrected chi connectivity index (χ4v) is 1.83. The number of carbonyl (C=O) groups is 1. The van der Waals surface area contributed by atoms with Crippen molar-refractivity contribution in [2.45, 2.75) is 13.5 Å². The molecular weight excluding hydrogens is 228 g/mol. The van der Waals surface area contributed by atoms with Gasteiger partial charge in [0.1, 0.15) is 0 Å². The number of esters is 1. The van der Waals surface area contributed by atoms with E-state index in [1.54, 1.807) is 6.07 Å². The number of hydrogen-bond acceptors (Lipinski definition) is 3. The predicted molar refractivity (Wildman–Crippen MR) is 70.6 cm³/mol. The van der Waals surface area contributed by atoms with Crippen molar-refractivity contribution in [3.05, 3.63) is 53.3 Å².